The van der Waals surface area contributed by atoms with E-state index in [1.54, 1.807) is 18.2 Å². The highest BCUT2D eigenvalue weighted by molar-refractivity contribution is 6.34. The summed E-state index contributed by atoms with van der Waals surface area (Å²) < 4.78 is 5.30. The van der Waals surface area contributed by atoms with Crippen LogP contribution < -0.4 is 4.74 Å². The molecular formula is C10H8Cl2O. The molecule has 0 atom stereocenters. The zero-order valence-electron chi connectivity index (χ0n) is 6.89. The summed E-state index contributed by atoms with van der Waals surface area (Å²) in [5, 5.41) is 1.12. The van der Waals surface area contributed by atoms with E-state index in [2.05, 4.69) is 5.92 Å². The molecule has 0 amide bonds. The number of hydrogen-bond donors (Lipinski definition) is 0. The highest BCUT2D eigenvalue weighted by Crippen LogP contribution is 2.24. The van der Waals surface area contributed by atoms with Crippen molar-refractivity contribution in [3.05, 3.63) is 28.2 Å². The Labute approximate surface area is 87.6 Å². The summed E-state index contributed by atoms with van der Waals surface area (Å²) in [5.41, 5.74) is 0. The maximum absolute atomic E-state index is 5.76. The van der Waals surface area contributed by atoms with Crippen molar-refractivity contribution in [3.63, 3.8) is 0 Å². The van der Waals surface area contributed by atoms with E-state index in [9.17, 15) is 0 Å². The summed E-state index contributed by atoms with van der Waals surface area (Å²) >= 11 is 11.5. The first kappa shape index (κ1) is 10.2. The maximum Gasteiger partial charge on any atom is 0.122 e. The molecule has 0 aliphatic carbocycles. The lowest BCUT2D eigenvalue weighted by molar-refractivity contribution is 0.327. The van der Waals surface area contributed by atoms with Crippen LogP contribution in [0, 0.1) is 12.3 Å². The molecule has 0 spiro atoms. The van der Waals surface area contributed by atoms with Gasteiger partial charge in [0.1, 0.15) is 5.75 Å². The van der Waals surface area contributed by atoms with Gasteiger partial charge in [0.15, 0.2) is 0 Å². The van der Waals surface area contributed by atoms with Gasteiger partial charge in [0, 0.05) is 16.5 Å². The van der Waals surface area contributed by atoms with Crippen molar-refractivity contribution in [2.75, 3.05) is 6.61 Å². The highest BCUT2D eigenvalue weighted by Gasteiger charge is 1.97. The van der Waals surface area contributed by atoms with Crippen molar-refractivity contribution in [2.45, 2.75) is 6.42 Å². The maximum atomic E-state index is 5.76. The van der Waals surface area contributed by atoms with Gasteiger partial charge in [-0.1, -0.05) is 23.2 Å². The van der Waals surface area contributed by atoms with Crippen LogP contribution in [0.5, 0.6) is 5.75 Å². The Hall–Kier alpha value is -0.840. The molecule has 0 unspecified atom stereocenters. The molecule has 1 nitrogen and oxygen atoms in total. The van der Waals surface area contributed by atoms with Crippen LogP contribution in [0.2, 0.25) is 10.0 Å². The number of benzene rings is 1. The Bertz CT molecular complexity index is 308. The van der Waals surface area contributed by atoms with Gasteiger partial charge in [-0.3, -0.25) is 0 Å². The van der Waals surface area contributed by atoms with Crippen molar-refractivity contribution in [1.29, 1.82) is 0 Å². The molecule has 1 rings (SSSR count). The first-order valence-electron chi connectivity index (χ1n) is 3.75. The first-order valence-corrected chi connectivity index (χ1v) is 4.50. The molecule has 3 heteroatoms. The third kappa shape index (κ3) is 3.59. The second kappa shape index (κ2) is 5.01. The fourth-order valence-corrected chi connectivity index (χ4v) is 1.35. The van der Waals surface area contributed by atoms with E-state index in [1.165, 1.54) is 0 Å². The van der Waals surface area contributed by atoms with Gasteiger partial charge in [-0.2, -0.15) is 0 Å². The Kier molecular flexibility index (Phi) is 3.95. The van der Waals surface area contributed by atoms with Crippen LogP contribution >= 0.6 is 23.2 Å². The monoisotopic (exact) mass is 214 g/mol. The predicted octanol–water partition coefficient (Wildman–Crippen LogP) is 3.40. The molecule has 0 fully saturated rings. The minimum Gasteiger partial charge on any atom is -0.492 e. The second-order valence-electron chi connectivity index (χ2n) is 2.41. The molecule has 0 bridgehead atoms. The third-order valence-corrected chi connectivity index (χ3v) is 1.79. The number of rotatable bonds is 3. The largest absolute Gasteiger partial charge is 0.492 e. The zero-order valence-corrected chi connectivity index (χ0v) is 8.40. The number of ether oxygens (including phenoxy) is 1. The molecule has 0 N–H and O–H groups in total. The molecular weight excluding hydrogens is 207 g/mol. The molecule has 1 aromatic rings. The number of hydrogen-bond acceptors (Lipinski definition) is 1. The average molecular weight is 215 g/mol. The normalized spacial score (nSPS) is 9.31. The molecule has 0 aromatic heterocycles. The molecule has 0 aliphatic heterocycles. The van der Waals surface area contributed by atoms with Gasteiger partial charge < -0.3 is 4.74 Å². The van der Waals surface area contributed by atoms with Crippen LogP contribution in [-0.4, -0.2) is 6.61 Å². The van der Waals surface area contributed by atoms with E-state index in [-0.39, 0.29) is 0 Å². The van der Waals surface area contributed by atoms with Crippen LogP contribution in [0.4, 0.5) is 0 Å². The van der Waals surface area contributed by atoms with Gasteiger partial charge in [-0.05, 0) is 18.2 Å². The summed E-state index contributed by atoms with van der Waals surface area (Å²) in [4.78, 5) is 0. The molecule has 0 radical (unpaired) electrons. The minimum atomic E-state index is 0.479. The fraction of sp³-hybridized carbons (Fsp3) is 0.200. The van der Waals surface area contributed by atoms with Gasteiger partial charge in [0.25, 0.3) is 0 Å². The van der Waals surface area contributed by atoms with Crippen molar-refractivity contribution in [3.8, 4) is 18.1 Å². The third-order valence-electron chi connectivity index (χ3n) is 1.35. The van der Waals surface area contributed by atoms with Gasteiger partial charge in [-0.25, -0.2) is 0 Å². The topological polar surface area (TPSA) is 9.23 Å². The van der Waals surface area contributed by atoms with Crippen LogP contribution in [0.15, 0.2) is 18.2 Å². The van der Waals surface area contributed by atoms with Crippen LogP contribution in [-0.2, 0) is 0 Å². The summed E-state index contributed by atoms with van der Waals surface area (Å²) in [6.07, 6.45) is 5.64. The summed E-state index contributed by atoms with van der Waals surface area (Å²) in [7, 11) is 0. The molecule has 0 saturated heterocycles. The second-order valence-corrected chi connectivity index (χ2v) is 3.28. The molecule has 1 aromatic carbocycles. The van der Waals surface area contributed by atoms with E-state index >= 15 is 0 Å². The molecule has 0 aliphatic rings. The lowest BCUT2D eigenvalue weighted by Crippen LogP contribution is -1.95. The van der Waals surface area contributed by atoms with Gasteiger partial charge >= 0.3 is 0 Å². The predicted molar refractivity (Wildman–Crippen MR) is 55.4 cm³/mol. The summed E-state index contributed by atoms with van der Waals surface area (Å²) in [6.45, 7) is 0.479. The highest BCUT2D eigenvalue weighted by atomic mass is 35.5. The Morgan fingerprint density at radius 2 is 1.85 bits per heavy atom. The van der Waals surface area contributed by atoms with Gasteiger partial charge in [0.05, 0.1) is 6.61 Å². The van der Waals surface area contributed by atoms with Crippen LogP contribution in [0.25, 0.3) is 0 Å². The fourth-order valence-electron chi connectivity index (χ4n) is 0.840. The van der Waals surface area contributed by atoms with Crippen molar-refractivity contribution >= 4 is 23.2 Å². The van der Waals surface area contributed by atoms with Gasteiger partial charge in [0.2, 0.25) is 0 Å². The Morgan fingerprint density at radius 1 is 1.23 bits per heavy atom. The van der Waals surface area contributed by atoms with E-state index < -0.39 is 0 Å². The quantitative estimate of drug-likeness (QED) is 0.554. The average Bonchev–Trinajstić information content (AvgIpc) is 2.03. The SMILES string of the molecule is C#CCCOc1cc(Cl)cc(Cl)c1. The van der Waals surface area contributed by atoms with Crippen LogP contribution in [0.3, 0.4) is 0 Å². The van der Waals surface area contributed by atoms with Crippen LogP contribution in [0.1, 0.15) is 6.42 Å². The van der Waals surface area contributed by atoms with Crippen molar-refractivity contribution in [2.24, 2.45) is 0 Å². The zero-order chi connectivity index (χ0) is 9.68. The van der Waals surface area contributed by atoms with Crippen molar-refractivity contribution < 1.29 is 4.74 Å². The van der Waals surface area contributed by atoms with E-state index in [0.717, 1.165) is 0 Å². The van der Waals surface area contributed by atoms with Gasteiger partial charge in [-0.15, -0.1) is 12.3 Å². The Balaban J connectivity index is 2.62. The van der Waals surface area contributed by atoms with E-state index in [4.69, 9.17) is 34.4 Å². The molecule has 13 heavy (non-hydrogen) atoms. The number of terminal acetylenes is 1. The number of halogens is 2. The van der Waals surface area contributed by atoms with Crippen molar-refractivity contribution in [1.82, 2.24) is 0 Å². The summed E-state index contributed by atoms with van der Waals surface area (Å²) in [6, 6.07) is 5.05. The van der Waals surface area contributed by atoms with E-state index in [0.29, 0.717) is 28.8 Å². The molecule has 0 saturated carbocycles. The standard InChI is InChI=1S/C10H8Cl2O/c1-2-3-4-13-10-6-8(11)5-9(12)7-10/h1,5-7H,3-4H2. The van der Waals surface area contributed by atoms with E-state index in [1.807, 2.05) is 0 Å². The molecule has 68 valence electrons. The summed E-state index contributed by atoms with van der Waals surface area (Å²) in [5.74, 6) is 3.12. The first-order chi connectivity index (χ1) is 6.22. The lowest BCUT2D eigenvalue weighted by atomic mass is 10.3. The Morgan fingerprint density at radius 3 is 2.38 bits per heavy atom. The lowest BCUT2D eigenvalue weighted by Gasteiger charge is -2.04. The molecule has 0 heterocycles. The minimum absolute atomic E-state index is 0.479. The smallest absolute Gasteiger partial charge is 0.122 e.